The van der Waals surface area contributed by atoms with Crippen LogP contribution in [0.25, 0.3) is 0 Å². The fraction of sp³-hybridized carbons (Fsp3) is 0.625. The average Bonchev–Trinajstić information content (AvgIpc) is 2.81. The fourth-order valence-electron chi connectivity index (χ4n) is 2.71. The van der Waals surface area contributed by atoms with E-state index >= 15 is 0 Å². The monoisotopic (exact) mass is 246 g/mol. The molecule has 1 aromatic rings. The van der Waals surface area contributed by atoms with Crippen molar-refractivity contribution in [1.29, 1.82) is 0 Å². The molecule has 0 aliphatic carbocycles. The summed E-state index contributed by atoms with van der Waals surface area (Å²) in [5.74, 6) is 1.60. The topological polar surface area (TPSA) is 15.3 Å². The molecule has 1 aliphatic rings. The Morgan fingerprint density at radius 1 is 1.22 bits per heavy atom. The molecule has 1 N–H and O–H groups in total. The van der Waals surface area contributed by atoms with Crippen molar-refractivity contribution in [3.63, 3.8) is 0 Å². The van der Waals surface area contributed by atoms with Gasteiger partial charge >= 0.3 is 0 Å². The van der Waals surface area contributed by atoms with E-state index in [9.17, 15) is 0 Å². The minimum Gasteiger partial charge on any atom is -0.371 e. The average molecular weight is 246 g/mol. The van der Waals surface area contributed by atoms with E-state index in [1.165, 1.54) is 44.7 Å². The number of anilines is 1. The zero-order valence-corrected chi connectivity index (χ0v) is 11.7. The van der Waals surface area contributed by atoms with Gasteiger partial charge in [-0.1, -0.05) is 38.5 Å². The maximum absolute atomic E-state index is 3.51. The number of rotatable bonds is 6. The molecular formula is C16H26N2. The van der Waals surface area contributed by atoms with Crippen LogP contribution in [0.4, 0.5) is 5.69 Å². The van der Waals surface area contributed by atoms with Crippen LogP contribution in [0, 0.1) is 11.8 Å². The van der Waals surface area contributed by atoms with Crippen molar-refractivity contribution in [3.8, 4) is 0 Å². The third-order valence-corrected chi connectivity index (χ3v) is 4.04. The van der Waals surface area contributed by atoms with Crippen LogP contribution >= 0.6 is 0 Å². The lowest BCUT2D eigenvalue weighted by Crippen LogP contribution is -2.33. The molecule has 0 spiro atoms. The zero-order valence-electron chi connectivity index (χ0n) is 11.7. The molecule has 0 saturated carbocycles. The molecule has 18 heavy (non-hydrogen) atoms. The highest BCUT2D eigenvalue weighted by Gasteiger charge is 2.25. The molecule has 1 fully saturated rings. The summed E-state index contributed by atoms with van der Waals surface area (Å²) in [7, 11) is 0. The summed E-state index contributed by atoms with van der Waals surface area (Å²) < 4.78 is 0. The van der Waals surface area contributed by atoms with E-state index in [-0.39, 0.29) is 0 Å². The van der Waals surface area contributed by atoms with Gasteiger partial charge in [0.2, 0.25) is 0 Å². The zero-order chi connectivity index (χ0) is 12.8. The third kappa shape index (κ3) is 3.49. The van der Waals surface area contributed by atoms with Crippen LogP contribution in [0.3, 0.4) is 0 Å². The Balaban J connectivity index is 2.00. The lowest BCUT2D eigenvalue weighted by atomic mass is 9.97. The second-order valence-electron chi connectivity index (χ2n) is 5.53. The van der Waals surface area contributed by atoms with Gasteiger partial charge in [-0.05, 0) is 43.5 Å². The Morgan fingerprint density at radius 3 is 2.61 bits per heavy atom. The van der Waals surface area contributed by atoms with Crippen molar-refractivity contribution in [2.45, 2.75) is 26.7 Å². The SMILES string of the molecule is CCCCN(C[C@@H]1CNC[C@H]1C)c1ccccc1. The first kappa shape index (κ1) is 13.4. The van der Waals surface area contributed by atoms with E-state index in [1.807, 2.05) is 0 Å². The van der Waals surface area contributed by atoms with Gasteiger partial charge in [0.25, 0.3) is 0 Å². The van der Waals surface area contributed by atoms with Crippen molar-refractivity contribution in [2.24, 2.45) is 11.8 Å². The number of nitrogens with one attached hydrogen (secondary N) is 1. The lowest BCUT2D eigenvalue weighted by Gasteiger charge is -2.29. The van der Waals surface area contributed by atoms with E-state index < -0.39 is 0 Å². The van der Waals surface area contributed by atoms with Gasteiger partial charge < -0.3 is 10.2 Å². The lowest BCUT2D eigenvalue weighted by molar-refractivity contribution is 0.445. The number of hydrogen-bond acceptors (Lipinski definition) is 2. The number of para-hydroxylation sites is 1. The summed E-state index contributed by atoms with van der Waals surface area (Å²) in [4.78, 5) is 2.57. The molecule has 1 saturated heterocycles. The van der Waals surface area contributed by atoms with Crippen molar-refractivity contribution < 1.29 is 0 Å². The summed E-state index contributed by atoms with van der Waals surface area (Å²) >= 11 is 0. The van der Waals surface area contributed by atoms with Gasteiger partial charge in [0.05, 0.1) is 0 Å². The van der Waals surface area contributed by atoms with Gasteiger partial charge in [-0.3, -0.25) is 0 Å². The summed E-state index contributed by atoms with van der Waals surface area (Å²) in [6.07, 6.45) is 2.55. The standard InChI is InChI=1S/C16H26N2/c1-3-4-10-18(16-8-6-5-7-9-16)13-15-12-17-11-14(15)2/h5-9,14-15,17H,3-4,10-13H2,1-2H3/t14-,15+/m1/s1. The van der Waals surface area contributed by atoms with Crippen molar-refractivity contribution in [1.82, 2.24) is 5.32 Å². The highest BCUT2D eigenvalue weighted by molar-refractivity contribution is 5.46. The van der Waals surface area contributed by atoms with E-state index in [1.54, 1.807) is 0 Å². The molecule has 0 aromatic heterocycles. The van der Waals surface area contributed by atoms with Gasteiger partial charge in [0.1, 0.15) is 0 Å². The molecule has 2 atom stereocenters. The highest BCUT2D eigenvalue weighted by Crippen LogP contribution is 2.21. The smallest absolute Gasteiger partial charge is 0.0366 e. The van der Waals surface area contributed by atoms with Crippen LogP contribution in [0.1, 0.15) is 26.7 Å². The Morgan fingerprint density at radius 2 is 2.00 bits per heavy atom. The fourth-order valence-corrected chi connectivity index (χ4v) is 2.71. The predicted molar refractivity (Wildman–Crippen MR) is 79.1 cm³/mol. The minimum atomic E-state index is 0.794. The van der Waals surface area contributed by atoms with E-state index in [0.717, 1.165) is 11.8 Å². The largest absolute Gasteiger partial charge is 0.371 e. The minimum absolute atomic E-state index is 0.794. The molecule has 2 rings (SSSR count). The molecule has 0 bridgehead atoms. The molecule has 1 aromatic carbocycles. The van der Waals surface area contributed by atoms with Crippen LogP contribution in [0.15, 0.2) is 30.3 Å². The third-order valence-electron chi connectivity index (χ3n) is 4.04. The second kappa shape index (κ2) is 6.79. The Hall–Kier alpha value is -1.02. The van der Waals surface area contributed by atoms with Crippen molar-refractivity contribution >= 4 is 5.69 Å². The summed E-state index contributed by atoms with van der Waals surface area (Å²) in [5.41, 5.74) is 1.38. The van der Waals surface area contributed by atoms with Crippen LogP contribution in [-0.2, 0) is 0 Å². The van der Waals surface area contributed by atoms with Gasteiger partial charge in [-0.25, -0.2) is 0 Å². The van der Waals surface area contributed by atoms with Crippen LogP contribution in [-0.4, -0.2) is 26.2 Å². The summed E-state index contributed by atoms with van der Waals surface area (Å²) in [5, 5.41) is 3.51. The van der Waals surface area contributed by atoms with Crippen molar-refractivity contribution in [2.75, 3.05) is 31.1 Å². The Labute approximate surface area is 111 Å². The van der Waals surface area contributed by atoms with Crippen molar-refractivity contribution in [3.05, 3.63) is 30.3 Å². The maximum Gasteiger partial charge on any atom is 0.0366 e. The van der Waals surface area contributed by atoms with Crippen LogP contribution in [0.5, 0.6) is 0 Å². The molecule has 1 aliphatic heterocycles. The van der Waals surface area contributed by atoms with Gasteiger partial charge in [0, 0.05) is 18.8 Å². The molecule has 100 valence electrons. The normalized spacial score (nSPS) is 23.2. The second-order valence-corrected chi connectivity index (χ2v) is 5.53. The Bertz CT molecular complexity index is 336. The number of nitrogens with zero attached hydrogens (tertiary/aromatic N) is 1. The molecule has 0 unspecified atom stereocenters. The summed E-state index contributed by atoms with van der Waals surface area (Å²) in [6.45, 7) is 9.37. The maximum atomic E-state index is 3.51. The first-order valence-electron chi connectivity index (χ1n) is 7.32. The number of hydrogen-bond donors (Lipinski definition) is 1. The van der Waals surface area contributed by atoms with Gasteiger partial charge in [0.15, 0.2) is 0 Å². The molecule has 0 radical (unpaired) electrons. The van der Waals surface area contributed by atoms with Gasteiger partial charge in [-0.15, -0.1) is 0 Å². The van der Waals surface area contributed by atoms with Gasteiger partial charge in [-0.2, -0.15) is 0 Å². The molecule has 1 heterocycles. The summed E-state index contributed by atoms with van der Waals surface area (Å²) in [6, 6.07) is 10.9. The van der Waals surface area contributed by atoms with E-state index in [0.29, 0.717) is 0 Å². The number of unbranched alkanes of at least 4 members (excludes halogenated alkanes) is 1. The number of benzene rings is 1. The first-order valence-corrected chi connectivity index (χ1v) is 7.32. The Kier molecular flexibility index (Phi) is 5.06. The molecular weight excluding hydrogens is 220 g/mol. The first-order chi connectivity index (χ1) is 8.81. The highest BCUT2D eigenvalue weighted by atomic mass is 15.1. The van der Waals surface area contributed by atoms with E-state index in [4.69, 9.17) is 0 Å². The molecule has 2 heteroatoms. The van der Waals surface area contributed by atoms with Crippen LogP contribution in [0.2, 0.25) is 0 Å². The van der Waals surface area contributed by atoms with E-state index in [2.05, 4.69) is 54.4 Å². The molecule has 2 nitrogen and oxygen atoms in total. The predicted octanol–water partition coefficient (Wildman–Crippen LogP) is 3.15. The quantitative estimate of drug-likeness (QED) is 0.829. The van der Waals surface area contributed by atoms with Crippen LogP contribution < -0.4 is 10.2 Å². The molecule has 0 amide bonds.